The molecule has 1 unspecified atom stereocenters. The Balaban J connectivity index is 4.30. The summed E-state index contributed by atoms with van der Waals surface area (Å²) in [5.41, 5.74) is -0.138. The number of hydrogen-bond donors (Lipinski definition) is 2. The summed E-state index contributed by atoms with van der Waals surface area (Å²) in [4.78, 5) is 2.53. The van der Waals surface area contributed by atoms with Gasteiger partial charge in [-0.05, 0) is 38.3 Å². The van der Waals surface area contributed by atoms with Crippen LogP contribution in [0.15, 0.2) is 0 Å². The van der Waals surface area contributed by atoms with Crippen LogP contribution in [0.2, 0.25) is 0 Å². The first-order valence-electron chi connectivity index (χ1n) is 7.41. The van der Waals surface area contributed by atoms with Crippen LogP contribution < -0.4 is 5.32 Å². The molecule has 0 bridgehead atoms. The van der Waals surface area contributed by atoms with Crippen molar-refractivity contribution in [1.29, 1.82) is 0 Å². The maximum Gasteiger partial charge on any atom is 0.0611 e. The highest BCUT2D eigenvalue weighted by atomic mass is 16.3. The van der Waals surface area contributed by atoms with Gasteiger partial charge in [-0.25, -0.2) is 0 Å². The number of aliphatic hydroxyl groups excluding tert-OH is 1. The molecule has 3 nitrogen and oxygen atoms in total. The number of likely N-dealkylation sites (N-methyl/N-ethyl adjacent to an activating group) is 1. The first-order chi connectivity index (χ1) is 8.33. The van der Waals surface area contributed by atoms with Gasteiger partial charge in [-0.2, -0.15) is 0 Å². The molecule has 0 spiro atoms. The van der Waals surface area contributed by atoms with Crippen LogP contribution in [-0.4, -0.2) is 48.3 Å². The molecule has 0 aromatic heterocycles. The van der Waals surface area contributed by atoms with Crippen LogP contribution in [0.25, 0.3) is 0 Å². The zero-order chi connectivity index (χ0) is 14.2. The van der Waals surface area contributed by atoms with E-state index in [1.165, 1.54) is 0 Å². The summed E-state index contributed by atoms with van der Waals surface area (Å²) in [5, 5.41) is 12.9. The number of nitrogens with zero attached hydrogens (tertiary/aromatic N) is 1. The third-order valence-corrected chi connectivity index (χ3v) is 3.18. The molecule has 0 amide bonds. The average molecular weight is 258 g/mol. The van der Waals surface area contributed by atoms with Crippen LogP contribution in [0, 0.1) is 11.8 Å². The summed E-state index contributed by atoms with van der Waals surface area (Å²) in [6.07, 6.45) is 0.997. The fourth-order valence-corrected chi connectivity index (χ4v) is 2.34. The van der Waals surface area contributed by atoms with Crippen molar-refractivity contribution in [3.05, 3.63) is 0 Å². The van der Waals surface area contributed by atoms with Gasteiger partial charge in [0.05, 0.1) is 6.61 Å². The van der Waals surface area contributed by atoms with Crippen molar-refractivity contribution in [2.45, 2.75) is 53.5 Å². The maximum absolute atomic E-state index is 9.51. The first kappa shape index (κ1) is 17.9. The van der Waals surface area contributed by atoms with Gasteiger partial charge in [-0.15, -0.1) is 0 Å². The Morgan fingerprint density at radius 2 is 1.61 bits per heavy atom. The maximum atomic E-state index is 9.51. The van der Waals surface area contributed by atoms with Crippen molar-refractivity contribution < 1.29 is 5.11 Å². The molecule has 0 saturated heterocycles. The Bertz CT molecular complexity index is 197. The number of nitrogens with one attached hydrogen (secondary N) is 1. The van der Waals surface area contributed by atoms with E-state index in [0.717, 1.165) is 32.6 Å². The Labute approximate surface area is 114 Å². The van der Waals surface area contributed by atoms with Gasteiger partial charge in [0, 0.05) is 18.6 Å². The van der Waals surface area contributed by atoms with Crippen molar-refractivity contribution >= 4 is 0 Å². The second kappa shape index (κ2) is 8.89. The Hall–Kier alpha value is -0.120. The van der Waals surface area contributed by atoms with Gasteiger partial charge in [0.2, 0.25) is 0 Å². The van der Waals surface area contributed by atoms with Crippen molar-refractivity contribution in [2.24, 2.45) is 11.8 Å². The molecule has 2 N–H and O–H groups in total. The highest BCUT2D eigenvalue weighted by molar-refractivity contribution is 4.83. The van der Waals surface area contributed by atoms with Crippen molar-refractivity contribution in [3.63, 3.8) is 0 Å². The van der Waals surface area contributed by atoms with E-state index >= 15 is 0 Å². The van der Waals surface area contributed by atoms with Gasteiger partial charge in [-0.3, -0.25) is 0 Å². The average Bonchev–Trinajstić information content (AvgIpc) is 2.25. The number of rotatable bonds is 10. The second-order valence-electron chi connectivity index (χ2n) is 6.55. The molecule has 1 atom stereocenters. The van der Waals surface area contributed by atoms with Crippen molar-refractivity contribution in [3.8, 4) is 0 Å². The third kappa shape index (κ3) is 8.06. The Morgan fingerprint density at radius 3 is 1.94 bits per heavy atom. The van der Waals surface area contributed by atoms with E-state index in [0.29, 0.717) is 11.8 Å². The van der Waals surface area contributed by atoms with E-state index in [9.17, 15) is 5.11 Å². The topological polar surface area (TPSA) is 35.5 Å². The second-order valence-corrected chi connectivity index (χ2v) is 6.55. The lowest BCUT2D eigenvalue weighted by Gasteiger charge is -2.33. The minimum Gasteiger partial charge on any atom is -0.394 e. The van der Waals surface area contributed by atoms with E-state index < -0.39 is 0 Å². The number of hydrogen-bond acceptors (Lipinski definition) is 3. The quantitative estimate of drug-likeness (QED) is 0.631. The van der Waals surface area contributed by atoms with Crippen LogP contribution in [0.4, 0.5) is 0 Å². The monoisotopic (exact) mass is 258 g/mol. The molecule has 18 heavy (non-hydrogen) atoms. The molecule has 0 aromatic rings. The molecule has 0 aliphatic carbocycles. The largest absolute Gasteiger partial charge is 0.394 e. The molecule has 0 heterocycles. The van der Waals surface area contributed by atoms with E-state index in [1.54, 1.807) is 0 Å². The molecule has 0 aliphatic rings. The highest BCUT2D eigenvalue weighted by Crippen LogP contribution is 2.12. The summed E-state index contributed by atoms with van der Waals surface area (Å²) in [6, 6.07) is 0. The lowest BCUT2D eigenvalue weighted by molar-refractivity contribution is 0.137. The molecule has 0 rings (SSSR count). The fraction of sp³-hybridized carbons (Fsp3) is 1.00. The normalized spacial score (nSPS) is 15.7. The molecule has 0 saturated carbocycles. The molecule has 110 valence electrons. The lowest BCUT2D eigenvalue weighted by Crippen LogP contribution is -2.48. The van der Waals surface area contributed by atoms with Crippen LogP contribution >= 0.6 is 0 Å². The number of aliphatic hydroxyl groups is 1. The molecular weight excluding hydrogens is 224 g/mol. The highest BCUT2D eigenvalue weighted by Gasteiger charge is 2.23. The summed E-state index contributed by atoms with van der Waals surface area (Å²) in [6.45, 7) is 17.7. The fourth-order valence-electron chi connectivity index (χ4n) is 2.34. The SMILES string of the molecule is CCNC(C)(CO)CCN(CC(C)C)CC(C)C. The molecule has 0 aromatic carbocycles. The molecule has 3 heteroatoms. The van der Waals surface area contributed by atoms with Crippen LogP contribution in [0.5, 0.6) is 0 Å². The minimum atomic E-state index is -0.138. The van der Waals surface area contributed by atoms with Crippen LogP contribution in [-0.2, 0) is 0 Å². The molecule has 0 aliphatic heterocycles. The molecule has 0 radical (unpaired) electrons. The lowest BCUT2D eigenvalue weighted by atomic mass is 9.98. The smallest absolute Gasteiger partial charge is 0.0611 e. The third-order valence-electron chi connectivity index (χ3n) is 3.18. The van der Waals surface area contributed by atoms with Crippen LogP contribution in [0.1, 0.15) is 48.0 Å². The van der Waals surface area contributed by atoms with Crippen molar-refractivity contribution in [2.75, 3.05) is 32.8 Å². The predicted molar refractivity (Wildman–Crippen MR) is 79.9 cm³/mol. The summed E-state index contributed by atoms with van der Waals surface area (Å²) >= 11 is 0. The van der Waals surface area contributed by atoms with Crippen LogP contribution in [0.3, 0.4) is 0 Å². The zero-order valence-corrected chi connectivity index (χ0v) is 13.3. The van der Waals surface area contributed by atoms with Gasteiger partial charge in [0.25, 0.3) is 0 Å². The van der Waals surface area contributed by atoms with Gasteiger partial charge in [0.15, 0.2) is 0 Å². The Kier molecular flexibility index (Phi) is 8.83. The van der Waals surface area contributed by atoms with Gasteiger partial charge < -0.3 is 15.3 Å². The van der Waals surface area contributed by atoms with Gasteiger partial charge in [0.1, 0.15) is 0 Å². The minimum absolute atomic E-state index is 0.138. The zero-order valence-electron chi connectivity index (χ0n) is 13.3. The van der Waals surface area contributed by atoms with E-state index in [4.69, 9.17) is 0 Å². The Morgan fingerprint density at radius 1 is 1.11 bits per heavy atom. The van der Waals surface area contributed by atoms with E-state index in [1.807, 2.05) is 0 Å². The first-order valence-corrected chi connectivity index (χ1v) is 7.41. The van der Waals surface area contributed by atoms with E-state index in [2.05, 4.69) is 51.8 Å². The molecular formula is C15H34N2O. The molecule has 0 fully saturated rings. The summed E-state index contributed by atoms with van der Waals surface area (Å²) in [7, 11) is 0. The van der Waals surface area contributed by atoms with Crippen molar-refractivity contribution in [1.82, 2.24) is 10.2 Å². The summed E-state index contributed by atoms with van der Waals surface area (Å²) in [5.74, 6) is 1.39. The van der Waals surface area contributed by atoms with Gasteiger partial charge >= 0.3 is 0 Å². The van der Waals surface area contributed by atoms with Gasteiger partial charge in [-0.1, -0.05) is 34.6 Å². The van der Waals surface area contributed by atoms with E-state index in [-0.39, 0.29) is 12.1 Å². The predicted octanol–water partition coefficient (Wildman–Crippen LogP) is 2.35. The standard InChI is InChI=1S/C15H34N2O/c1-7-16-15(6,12-18)8-9-17(10-13(2)3)11-14(4)5/h13-14,16,18H,7-12H2,1-6H3. The summed E-state index contributed by atoms with van der Waals surface area (Å²) < 4.78 is 0.